The summed E-state index contributed by atoms with van der Waals surface area (Å²) in [5.74, 6) is 0.705. The molecule has 0 radical (unpaired) electrons. The van der Waals surface area contributed by atoms with Crippen molar-refractivity contribution in [2.45, 2.75) is 64.2 Å². The van der Waals surface area contributed by atoms with Gasteiger partial charge in [0, 0.05) is 37.8 Å². The molecule has 3 N–H and O–H groups in total. The third-order valence-electron chi connectivity index (χ3n) is 4.07. The lowest BCUT2D eigenvalue weighted by Gasteiger charge is -2.20. The number of nitrogens with one attached hydrogen (secondary N) is 3. The van der Waals surface area contributed by atoms with E-state index in [2.05, 4.69) is 32.8 Å². The third-order valence-corrected chi connectivity index (χ3v) is 4.07. The van der Waals surface area contributed by atoms with E-state index in [1.807, 2.05) is 13.8 Å². The number of carbonyl (C=O) groups excluding carboxylic acids is 1. The minimum atomic E-state index is -0.00709. The van der Waals surface area contributed by atoms with Crippen molar-refractivity contribution in [1.82, 2.24) is 20.9 Å². The molecule has 2 unspecified atom stereocenters. The highest BCUT2D eigenvalue weighted by Gasteiger charge is 2.38. The Kier molecular flexibility index (Phi) is 5.45. The van der Waals surface area contributed by atoms with E-state index in [0.717, 1.165) is 19.0 Å². The summed E-state index contributed by atoms with van der Waals surface area (Å²) >= 11 is 0. The maximum Gasteiger partial charge on any atom is 0.239 e. The van der Waals surface area contributed by atoms with Gasteiger partial charge in [0.05, 0.1) is 6.54 Å². The van der Waals surface area contributed by atoms with E-state index in [1.54, 1.807) is 7.05 Å². The molecule has 2 atom stereocenters. The normalized spacial score (nSPS) is 27.0. The Balaban J connectivity index is 1.74. The van der Waals surface area contributed by atoms with Crippen LogP contribution in [0.2, 0.25) is 0 Å². The van der Waals surface area contributed by atoms with Crippen LogP contribution in [-0.4, -0.2) is 61.1 Å². The van der Waals surface area contributed by atoms with Crippen LogP contribution in [0.15, 0.2) is 4.99 Å². The molecule has 0 spiro atoms. The van der Waals surface area contributed by atoms with Gasteiger partial charge in [-0.2, -0.15) is 0 Å². The number of nitrogens with zero attached hydrogens (tertiary/aromatic N) is 2. The summed E-state index contributed by atoms with van der Waals surface area (Å²) < 4.78 is 0. The largest absolute Gasteiger partial charge is 0.352 e. The average Bonchev–Trinajstić information content (AvgIpc) is 3.18. The Labute approximate surface area is 127 Å². The number of aliphatic imine (C=N–C) groups is 1. The highest BCUT2D eigenvalue weighted by molar-refractivity contribution is 5.86. The third kappa shape index (κ3) is 4.88. The second kappa shape index (κ2) is 7.11. The smallest absolute Gasteiger partial charge is 0.239 e. The van der Waals surface area contributed by atoms with Crippen LogP contribution in [0.3, 0.4) is 0 Å². The van der Waals surface area contributed by atoms with Gasteiger partial charge in [-0.25, -0.2) is 0 Å². The zero-order valence-corrected chi connectivity index (χ0v) is 13.6. The summed E-state index contributed by atoms with van der Waals surface area (Å²) in [7, 11) is 1.74. The molecule has 1 saturated carbocycles. The van der Waals surface area contributed by atoms with E-state index >= 15 is 0 Å². The second-order valence-electron chi connectivity index (χ2n) is 6.50. The SMILES string of the molecule is CN=C(NCC(=O)NC(C)C)NC1CC(C)N(C2CC2)C1. The van der Waals surface area contributed by atoms with Gasteiger partial charge in [0.2, 0.25) is 5.91 Å². The monoisotopic (exact) mass is 295 g/mol. The first-order valence-electron chi connectivity index (χ1n) is 8.02. The average molecular weight is 295 g/mol. The lowest BCUT2D eigenvalue weighted by molar-refractivity contribution is -0.120. The summed E-state index contributed by atoms with van der Waals surface area (Å²) in [6.07, 6.45) is 3.83. The Morgan fingerprint density at radius 1 is 1.38 bits per heavy atom. The van der Waals surface area contributed by atoms with Crippen LogP contribution < -0.4 is 16.0 Å². The van der Waals surface area contributed by atoms with Crippen molar-refractivity contribution in [3.8, 4) is 0 Å². The van der Waals surface area contributed by atoms with E-state index in [-0.39, 0.29) is 18.5 Å². The first-order valence-corrected chi connectivity index (χ1v) is 8.02. The highest BCUT2D eigenvalue weighted by Crippen LogP contribution is 2.33. The first-order chi connectivity index (χ1) is 9.99. The summed E-state index contributed by atoms with van der Waals surface area (Å²) in [5, 5.41) is 9.38. The second-order valence-corrected chi connectivity index (χ2v) is 6.50. The van der Waals surface area contributed by atoms with Crippen LogP contribution in [-0.2, 0) is 4.79 Å². The number of likely N-dealkylation sites (tertiary alicyclic amines) is 1. The van der Waals surface area contributed by atoms with Crippen LogP contribution in [0.1, 0.15) is 40.0 Å². The quantitative estimate of drug-likeness (QED) is 0.504. The molecule has 1 aliphatic heterocycles. The van der Waals surface area contributed by atoms with Gasteiger partial charge < -0.3 is 16.0 Å². The van der Waals surface area contributed by atoms with Crippen LogP contribution in [0.4, 0.5) is 0 Å². The molecular weight excluding hydrogens is 266 g/mol. The molecule has 6 heteroatoms. The molecule has 2 aliphatic rings. The molecule has 1 saturated heterocycles. The molecule has 0 bridgehead atoms. The lowest BCUT2D eigenvalue weighted by Crippen LogP contribution is -2.48. The van der Waals surface area contributed by atoms with Gasteiger partial charge in [0.15, 0.2) is 5.96 Å². The van der Waals surface area contributed by atoms with E-state index in [9.17, 15) is 4.79 Å². The van der Waals surface area contributed by atoms with Crippen molar-refractivity contribution in [2.24, 2.45) is 4.99 Å². The van der Waals surface area contributed by atoms with Gasteiger partial charge in [0.25, 0.3) is 0 Å². The number of rotatable bonds is 5. The van der Waals surface area contributed by atoms with Gasteiger partial charge in [0.1, 0.15) is 0 Å². The predicted octanol–water partition coefficient (Wildman–Crippen LogP) is 0.301. The number of guanidine groups is 1. The number of hydrogen-bond donors (Lipinski definition) is 3. The van der Waals surface area contributed by atoms with E-state index in [4.69, 9.17) is 0 Å². The number of amides is 1. The molecule has 0 aromatic carbocycles. The van der Waals surface area contributed by atoms with Crippen molar-refractivity contribution in [3.63, 3.8) is 0 Å². The first kappa shape index (κ1) is 16.1. The van der Waals surface area contributed by atoms with Gasteiger partial charge in [-0.15, -0.1) is 0 Å². The minimum absolute atomic E-state index is 0.00709. The van der Waals surface area contributed by atoms with Crippen LogP contribution in [0, 0.1) is 0 Å². The van der Waals surface area contributed by atoms with Gasteiger partial charge in [-0.05, 0) is 40.0 Å². The molecule has 2 fully saturated rings. The van der Waals surface area contributed by atoms with Crippen molar-refractivity contribution < 1.29 is 4.79 Å². The zero-order valence-electron chi connectivity index (χ0n) is 13.6. The van der Waals surface area contributed by atoms with Gasteiger partial charge in [-0.1, -0.05) is 0 Å². The molecule has 21 heavy (non-hydrogen) atoms. The van der Waals surface area contributed by atoms with Crippen LogP contribution in [0.5, 0.6) is 0 Å². The fourth-order valence-electron chi connectivity index (χ4n) is 3.00. The maximum atomic E-state index is 11.6. The Bertz CT molecular complexity index is 392. The fraction of sp³-hybridized carbons (Fsp3) is 0.867. The van der Waals surface area contributed by atoms with Crippen LogP contribution >= 0.6 is 0 Å². The van der Waals surface area contributed by atoms with Crippen molar-refractivity contribution in [1.29, 1.82) is 0 Å². The van der Waals surface area contributed by atoms with Crippen molar-refractivity contribution >= 4 is 11.9 Å². The minimum Gasteiger partial charge on any atom is -0.352 e. The number of hydrogen-bond acceptors (Lipinski definition) is 3. The van der Waals surface area contributed by atoms with Crippen molar-refractivity contribution in [2.75, 3.05) is 20.1 Å². The summed E-state index contributed by atoms with van der Waals surface area (Å²) in [4.78, 5) is 18.5. The molecule has 0 aromatic heterocycles. The topological polar surface area (TPSA) is 68.8 Å². The Morgan fingerprint density at radius 2 is 2.10 bits per heavy atom. The molecular formula is C15H29N5O. The summed E-state index contributed by atoms with van der Waals surface area (Å²) in [5.41, 5.74) is 0. The standard InChI is InChI=1S/C15H29N5O/c1-10(2)18-14(21)8-17-15(16-4)19-12-7-11(3)20(9-12)13-5-6-13/h10-13H,5-9H2,1-4H3,(H,18,21)(H2,16,17,19). The summed E-state index contributed by atoms with van der Waals surface area (Å²) in [6.45, 7) is 7.54. The highest BCUT2D eigenvalue weighted by atomic mass is 16.1. The molecule has 120 valence electrons. The fourth-order valence-corrected chi connectivity index (χ4v) is 3.00. The van der Waals surface area contributed by atoms with Gasteiger partial charge in [-0.3, -0.25) is 14.7 Å². The molecule has 2 rings (SSSR count). The molecule has 1 amide bonds. The molecule has 1 heterocycles. The van der Waals surface area contributed by atoms with Gasteiger partial charge >= 0.3 is 0 Å². The molecule has 6 nitrogen and oxygen atoms in total. The number of carbonyl (C=O) groups is 1. The lowest BCUT2D eigenvalue weighted by atomic mass is 10.2. The maximum absolute atomic E-state index is 11.6. The Hall–Kier alpha value is -1.30. The predicted molar refractivity (Wildman–Crippen MR) is 85.4 cm³/mol. The Morgan fingerprint density at radius 3 is 2.67 bits per heavy atom. The summed E-state index contributed by atoms with van der Waals surface area (Å²) in [6, 6.07) is 2.02. The van der Waals surface area contributed by atoms with E-state index in [1.165, 1.54) is 12.8 Å². The zero-order chi connectivity index (χ0) is 15.4. The molecule has 1 aliphatic carbocycles. The molecule has 0 aromatic rings. The van der Waals surface area contributed by atoms with Crippen molar-refractivity contribution in [3.05, 3.63) is 0 Å². The van der Waals surface area contributed by atoms with E-state index in [0.29, 0.717) is 18.0 Å². The van der Waals surface area contributed by atoms with Crippen LogP contribution in [0.25, 0.3) is 0 Å². The van der Waals surface area contributed by atoms with E-state index < -0.39 is 0 Å².